The second kappa shape index (κ2) is 12.8. The number of alkyl halides is 3. The van der Waals surface area contributed by atoms with Crippen LogP contribution in [0.5, 0.6) is 5.75 Å². The lowest BCUT2D eigenvalue weighted by molar-refractivity contribution is -0.138. The van der Waals surface area contributed by atoms with E-state index in [-0.39, 0.29) is 25.0 Å². The summed E-state index contributed by atoms with van der Waals surface area (Å²) in [7, 11) is 0. The van der Waals surface area contributed by atoms with Gasteiger partial charge in [0, 0.05) is 12.1 Å². The average molecular weight is 540 g/mol. The zero-order valence-electron chi connectivity index (χ0n) is 21.5. The van der Waals surface area contributed by atoms with E-state index >= 15 is 0 Å². The maximum Gasteiger partial charge on any atom is 0.416 e. The molecule has 3 aromatic rings. The molecule has 1 saturated carbocycles. The Labute approximate surface area is 226 Å². The SMILES string of the molecule is O=C(O)CCNC(=O)c1ccc(O[C@H](CC2CCCCC2)c2ccc(-c3ccc(C(F)(F)F)cc3)cc2)cc1. The number of carbonyl (C=O) groups is 2. The first-order valence-corrected chi connectivity index (χ1v) is 13.2. The molecule has 0 unspecified atom stereocenters. The minimum Gasteiger partial charge on any atom is -0.486 e. The zero-order valence-corrected chi connectivity index (χ0v) is 21.5. The maximum absolute atomic E-state index is 12.9. The second-order valence-corrected chi connectivity index (χ2v) is 9.97. The maximum atomic E-state index is 12.9. The van der Waals surface area contributed by atoms with Crippen molar-refractivity contribution in [2.75, 3.05) is 6.54 Å². The Morgan fingerprint density at radius 2 is 1.46 bits per heavy atom. The highest BCUT2D eigenvalue weighted by molar-refractivity contribution is 5.94. The summed E-state index contributed by atoms with van der Waals surface area (Å²) in [4.78, 5) is 22.9. The number of ether oxygens (including phenoxy) is 1. The number of rotatable bonds is 10. The Hall–Kier alpha value is -3.81. The summed E-state index contributed by atoms with van der Waals surface area (Å²) in [5.41, 5.74) is 2.25. The third-order valence-electron chi connectivity index (χ3n) is 7.12. The van der Waals surface area contributed by atoms with Crippen LogP contribution in [0.25, 0.3) is 11.1 Å². The van der Waals surface area contributed by atoms with E-state index in [1.807, 2.05) is 24.3 Å². The van der Waals surface area contributed by atoms with Crippen LogP contribution in [0.2, 0.25) is 0 Å². The van der Waals surface area contributed by atoms with E-state index in [1.54, 1.807) is 24.3 Å². The molecule has 3 aromatic carbocycles. The highest BCUT2D eigenvalue weighted by Gasteiger charge is 2.30. The van der Waals surface area contributed by atoms with Crippen molar-refractivity contribution in [1.29, 1.82) is 0 Å². The number of aliphatic carboxylic acids is 1. The van der Waals surface area contributed by atoms with Crippen LogP contribution in [0.3, 0.4) is 0 Å². The number of carbonyl (C=O) groups excluding carboxylic acids is 1. The molecule has 8 heteroatoms. The standard InChI is InChI=1S/C31H32F3NO4/c32-31(33,34)26-14-10-23(11-15-26)22-6-8-24(9-7-22)28(20-21-4-2-1-3-5-21)39-27-16-12-25(13-17-27)30(38)35-19-18-29(36)37/h6-17,21,28H,1-5,18-20H2,(H,35,38)(H,36,37)/t28-/m1/s1. The van der Waals surface area contributed by atoms with Gasteiger partial charge in [0.25, 0.3) is 5.91 Å². The van der Waals surface area contributed by atoms with Gasteiger partial charge >= 0.3 is 12.1 Å². The van der Waals surface area contributed by atoms with Crippen LogP contribution in [0, 0.1) is 5.92 Å². The molecule has 0 bridgehead atoms. The Morgan fingerprint density at radius 1 is 0.872 bits per heavy atom. The molecule has 206 valence electrons. The van der Waals surface area contributed by atoms with E-state index in [9.17, 15) is 22.8 Å². The molecular weight excluding hydrogens is 507 g/mol. The molecule has 1 fully saturated rings. The van der Waals surface area contributed by atoms with Gasteiger partial charge in [-0.25, -0.2) is 0 Å². The molecule has 2 N–H and O–H groups in total. The molecule has 1 aliphatic rings. The number of hydrogen-bond acceptors (Lipinski definition) is 3. The van der Waals surface area contributed by atoms with Crippen molar-refractivity contribution < 1.29 is 32.6 Å². The molecule has 5 nitrogen and oxygen atoms in total. The Balaban J connectivity index is 1.48. The van der Waals surface area contributed by atoms with Crippen LogP contribution in [-0.4, -0.2) is 23.5 Å². The fraction of sp³-hybridized carbons (Fsp3) is 0.355. The number of nitrogens with one attached hydrogen (secondary N) is 1. The number of benzene rings is 3. The van der Waals surface area contributed by atoms with E-state index in [1.165, 1.54) is 31.4 Å². The van der Waals surface area contributed by atoms with Crippen LogP contribution >= 0.6 is 0 Å². The Bertz CT molecular complexity index is 1230. The number of hydrogen-bond donors (Lipinski definition) is 2. The van der Waals surface area contributed by atoms with Gasteiger partial charge in [-0.05, 0) is 65.4 Å². The monoisotopic (exact) mass is 539 g/mol. The van der Waals surface area contributed by atoms with Gasteiger partial charge in [-0.3, -0.25) is 9.59 Å². The first-order chi connectivity index (χ1) is 18.7. The first-order valence-electron chi connectivity index (χ1n) is 13.2. The first kappa shape index (κ1) is 28.2. The molecule has 4 rings (SSSR count). The van der Waals surface area contributed by atoms with Crippen LogP contribution in [0.4, 0.5) is 13.2 Å². The number of amides is 1. The van der Waals surface area contributed by atoms with Crippen LogP contribution in [0.1, 0.15) is 72.5 Å². The average Bonchev–Trinajstić information content (AvgIpc) is 2.93. The molecule has 1 amide bonds. The molecule has 0 saturated heterocycles. The zero-order chi connectivity index (χ0) is 27.8. The molecule has 1 atom stereocenters. The van der Waals surface area contributed by atoms with Crippen molar-refractivity contribution in [3.05, 3.63) is 89.5 Å². The van der Waals surface area contributed by atoms with Crippen LogP contribution in [-0.2, 0) is 11.0 Å². The summed E-state index contributed by atoms with van der Waals surface area (Å²) >= 11 is 0. The van der Waals surface area contributed by atoms with Crippen LogP contribution < -0.4 is 10.1 Å². The van der Waals surface area contributed by atoms with E-state index in [0.29, 0.717) is 22.8 Å². The van der Waals surface area contributed by atoms with Crippen molar-refractivity contribution in [2.45, 2.75) is 57.2 Å². The molecule has 0 heterocycles. The van der Waals surface area contributed by atoms with Gasteiger partial charge in [-0.1, -0.05) is 68.5 Å². The number of carboxylic acids is 1. The lowest BCUT2D eigenvalue weighted by Gasteiger charge is -2.27. The van der Waals surface area contributed by atoms with E-state index in [4.69, 9.17) is 9.84 Å². The Morgan fingerprint density at radius 3 is 2.03 bits per heavy atom. The molecule has 1 aliphatic carbocycles. The smallest absolute Gasteiger partial charge is 0.416 e. The molecule has 0 spiro atoms. The van der Waals surface area contributed by atoms with Crippen molar-refractivity contribution in [3.63, 3.8) is 0 Å². The van der Waals surface area contributed by atoms with Gasteiger partial charge < -0.3 is 15.2 Å². The van der Waals surface area contributed by atoms with Gasteiger partial charge in [-0.2, -0.15) is 13.2 Å². The summed E-state index contributed by atoms with van der Waals surface area (Å²) in [5.74, 6) is -0.168. The summed E-state index contributed by atoms with van der Waals surface area (Å²) in [5, 5.41) is 11.3. The molecule has 39 heavy (non-hydrogen) atoms. The normalized spacial score (nSPS) is 14.9. The van der Waals surface area contributed by atoms with Gasteiger partial charge in [0.1, 0.15) is 11.9 Å². The molecular formula is C31H32F3NO4. The van der Waals surface area contributed by atoms with Gasteiger partial charge in [-0.15, -0.1) is 0 Å². The quantitative estimate of drug-likeness (QED) is 0.277. The van der Waals surface area contributed by atoms with Crippen molar-refractivity contribution in [3.8, 4) is 16.9 Å². The highest BCUT2D eigenvalue weighted by atomic mass is 19.4. The number of halogens is 3. The number of carboxylic acid groups (broad SMARTS) is 1. The van der Waals surface area contributed by atoms with Crippen molar-refractivity contribution in [1.82, 2.24) is 5.32 Å². The fourth-order valence-corrected chi connectivity index (χ4v) is 4.95. The van der Waals surface area contributed by atoms with Crippen LogP contribution in [0.15, 0.2) is 72.8 Å². The predicted octanol–water partition coefficient (Wildman–Crippen LogP) is 7.67. The summed E-state index contributed by atoms with van der Waals surface area (Å²) in [6.07, 6.45) is 2.08. The minimum absolute atomic E-state index is 0.0539. The topological polar surface area (TPSA) is 75.6 Å². The van der Waals surface area contributed by atoms with Gasteiger partial charge in [0.2, 0.25) is 0 Å². The molecule has 0 aromatic heterocycles. The third-order valence-corrected chi connectivity index (χ3v) is 7.12. The second-order valence-electron chi connectivity index (χ2n) is 9.97. The summed E-state index contributed by atoms with van der Waals surface area (Å²) in [6.45, 7) is 0.0539. The largest absolute Gasteiger partial charge is 0.486 e. The lowest BCUT2D eigenvalue weighted by atomic mass is 9.84. The summed E-state index contributed by atoms with van der Waals surface area (Å²) in [6, 6.07) is 19.6. The predicted molar refractivity (Wildman–Crippen MR) is 142 cm³/mol. The summed E-state index contributed by atoms with van der Waals surface area (Å²) < 4.78 is 45.2. The molecule has 0 radical (unpaired) electrons. The van der Waals surface area contributed by atoms with E-state index in [2.05, 4.69) is 5.32 Å². The fourth-order valence-electron chi connectivity index (χ4n) is 4.95. The van der Waals surface area contributed by atoms with Gasteiger partial charge in [0.05, 0.1) is 12.0 Å². The molecule has 0 aliphatic heterocycles. The van der Waals surface area contributed by atoms with E-state index < -0.39 is 17.7 Å². The van der Waals surface area contributed by atoms with Crippen molar-refractivity contribution in [2.24, 2.45) is 5.92 Å². The highest BCUT2D eigenvalue weighted by Crippen LogP contribution is 2.36. The van der Waals surface area contributed by atoms with Gasteiger partial charge in [0.15, 0.2) is 0 Å². The minimum atomic E-state index is -4.37. The lowest BCUT2D eigenvalue weighted by Crippen LogP contribution is -2.25. The van der Waals surface area contributed by atoms with Crippen molar-refractivity contribution >= 4 is 11.9 Å². The third kappa shape index (κ3) is 8.09. The van der Waals surface area contributed by atoms with E-state index in [0.717, 1.165) is 42.5 Å². The Kier molecular flexibility index (Phi) is 9.28.